The molecule has 0 saturated heterocycles. The molecule has 0 atom stereocenters. The number of carbonyl (C=O) groups is 1. The molecule has 0 N–H and O–H groups in total. The Morgan fingerprint density at radius 3 is 2.44 bits per heavy atom. The van der Waals surface area contributed by atoms with Crippen molar-refractivity contribution >= 4 is 5.97 Å². The first-order valence-electron chi connectivity index (χ1n) is 6.50. The normalized spacial score (nSPS) is 17.2. The molecule has 18 heavy (non-hydrogen) atoms. The highest BCUT2D eigenvalue weighted by molar-refractivity contribution is 5.70. The minimum absolute atomic E-state index is 0.198. The van der Waals surface area contributed by atoms with E-state index in [1.807, 2.05) is 0 Å². The summed E-state index contributed by atoms with van der Waals surface area (Å²) in [6.45, 7) is 2.49. The van der Waals surface area contributed by atoms with Gasteiger partial charge in [-0.15, -0.1) is 0 Å². The molecule has 1 rings (SSSR count). The monoisotopic (exact) mass is 260 g/mol. The number of ether oxygens (including phenoxy) is 4. The Morgan fingerprint density at radius 2 is 1.89 bits per heavy atom. The van der Waals surface area contributed by atoms with Gasteiger partial charge in [-0.3, -0.25) is 4.79 Å². The molecule has 0 radical (unpaired) electrons. The molecule has 1 aliphatic rings. The third kappa shape index (κ3) is 5.33. The predicted octanol–water partition coefficient (Wildman–Crippen LogP) is 1.54. The van der Waals surface area contributed by atoms with Gasteiger partial charge in [-0.05, 0) is 25.7 Å². The van der Waals surface area contributed by atoms with Crippen LogP contribution in [-0.4, -0.2) is 52.2 Å². The largest absolute Gasteiger partial charge is 0.469 e. The smallest absolute Gasteiger partial charge is 0.308 e. The van der Waals surface area contributed by atoms with E-state index < -0.39 is 0 Å². The minimum atomic E-state index is -0.289. The lowest BCUT2D eigenvalue weighted by molar-refractivity contribution is -0.160. The van der Waals surface area contributed by atoms with Gasteiger partial charge in [0.2, 0.25) is 0 Å². The summed E-state index contributed by atoms with van der Waals surface area (Å²) in [5, 5.41) is 0. The Hall–Kier alpha value is -0.650. The van der Waals surface area contributed by atoms with Gasteiger partial charge in [0.15, 0.2) is 0 Å². The lowest BCUT2D eigenvalue weighted by Crippen LogP contribution is -2.43. The molecule has 0 bridgehead atoms. The van der Waals surface area contributed by atoms with Crippen LogP contribution in [0.4, 0.5) is 0 Å². The summed E-state index contributed by atoms with van der Waals surface area (Å²) in [4.78, 5) is 11.3. The van der Waals surface area contributed by atoms with Gasteiger partial charge in [-0.25, -0.2) is 0 Å². The Labute approximate surface area is 109 Å². The number of methoxy groups -OCH3 is 2. The van der Waals surface area contributed by atoms with Crippen molar-refractivity contribution in [2.75, 3.05) is 40.6 Å². The van der Waals surface area contributed by atoms with Gasteiger partial charge in [0.1, 0.15) is 0 Å². The average molecular weight is 260 g/mol. The molecule has 0 spiro atoms. The summed E-state index contributed by atoms with van der Waals surface area (Å²) in [6, 6.07) is 0. The lowest BCUT2D eigenvalue weighted by atomic mass is 9.77. The quantitative estimate of drug-likeness (QED) is 0.440. The number of hydrogen-bond donors (Lipinski definition) is 0. The number of hydrogen-bond acceptors (Lipinski definition) is 5. The van der Waals surface area contributed by atoms with E-state index in [9.17, 15) is 4.79 Å². The SMILES string of the molecule is COCCCOCCOC1(CC(=O)OC)CCC1. The highest BCUT2D eigenvalue weighted by Gasteiger charge is 2.40. The summed E-state index contributed by atoms with van der Waals surface area (Å²) in [5.74, 6) is -0.198. The van der Waals surface area contributed by atoms with Crippen molar-refractivity contribution in [3.8, 4) is 0 Å². The van der Waals surface area contributed by atoms with Crippen LogP contribution in [0, 0.1) is 0 Å². The molecule has 1 aliphatic carbocycles. The average Bonchev–Trinajstić information content (AvgIpc) is 2.34. The molecule has 1 saturated carbocycles. The second-order valence-electron chi connectivity index (χ2n) is 4.60. The second-order valence-corrected chi connectivity index (χ2v) is 4.60. The Morgan fingerprint density at radius 1 is 1.11 bits per heavy atom. The zero-order chi connectivity index (χ0) is 13.3. The van der Waals surface area contributed by atoms with Gasteiger partial charge < -0.3 is 18.9 Å². The van der Waals surface area contributed by atoms with Gasteiger partial charge in [0, 0.05) is 20.3 Å². The van der Waals surface area contributed by atoms with Gasteiger partial charge in [-0.2, -0.15) is 0 Å². The molecule has 0 unspecified atom stereocenters. The maximum atomic E-state index is 11.3. The van der Waals surface area contributed by atoms with E-state index in [4.69, 9.17) is 14.2 Å². The van der Waals surface area contributed by atoms with E-state index in [0.717, 1.165) is 25.7 Å². The van der Waals surface area contributed by atoms with Crippen LogP contribution >= 0.6 is 0 Å². The van der Waals surface area contributed by atoms with Gasteiger partial charge in [0.05, 0.1) is 32.3 Å². The molecular weight excluding hydrogens is 236 g/mol. The lowest BCUT2D eigenvalue weighted by Gasteiger charge is -2.40. The van der Waals surface area contributed by atoms with Crippen molar-refractivity contribution in [2.45, 2.75) is 37.7 Å². The fourth-order valence-electron chi connectivity index (χ4n) is 2.00. The van der Waals surface area contributed by atoms with Crippen LogP contribution in [-0.2, 0) is 23.7 Å². The van der Waals surface area contributed by atoms with Crippen LogP contribution < -0.4 is 0 Å². The molecule has 1 fully saturated rings. The van der Waals surface area contributed by atoms with Crippen LogP contribution in [0.2, 0.25) is 0 Å². The Bertz CT molecular complexity index is 238. The van der Waals surface area contributed by atoms with Crippen molar-refractivity contribution in [3.05, 3.63) is 0 Å². The summed E-state index contributed by atoms with van der Waals surface area (Å²) in [6.07, 6.45) is 4.24. The zero-order valence-corrected chi connectivity index (χ0v) is 11.4. The summed E-state index contributed by atoms with van der Waals surface area (Å²) in [7, 11) is 3.09. The van der Waals surface area contributed by atoms with Crippen molar-refractivity contribution < 1.29 is 23.7 Å². The number of rotatable bonds is 10. The molecule has 0 aromatic carbocycles. The van der Waals surface area contributed by atoms with E-state index in [1.165, 1.54) is 7.11 Å². The Kier molecular flexibility index (Phi) is 7.23. The third-order valence-corrected chi connectivity index (χ3v) is 3.23. The molecule has 0 aromatic heterocycles. The fraction of sp³-hybridized carbons (Fsp3) is 0.923. The van der Waals surface area contributed by atoms with E-state index in [-0.39, 0.29) is 11.6 Å². The topological polar surface area (TPSA) is 54.0 Å². The van der Waals surface area contributed by atoms with Crippen molar-refractivity contribution in [1.29, 1.82) is 0 Å². The van der Waals surface area contributed by atoms with Crippen molar-refractivity contribution in [1.82, 2.24) is 0 Å². The zero-order valence-electron chi connectivity index (χ0n) is 11.4. The molecular formula is C13H24O5. The van der Waals surface area contributed by atoms with E-state index in [0.29, 0.717) is 32.8 Å². The maximum absolute atomic E-state index is 11.3. The first kappa shape index (κ1) is 15.4. The number of carbonyl (C=O) groups excluding carboxylic acids is 1. The summed E-state index contributed by atoms with van der Waals surface area (Å²) >= 11 is 0. The highest BCUT2D eigenvalue weighted by atomic mass is 16.5. The van der Waals surface area contributed by atoms with Gasteiger partial charge in [0.25, 0.3) is 0 Å². The molecule has 5 nitrogen and oxygen atoms in total. The van der Waals surface area contributed by atoms with Crippen molar-refractivity contribution in [3.63, 3.8) is 0 Å². The number of esters is 1. The van der Waals surface area contributed by atoms with Crippen LogP contribution in [0.15, 0.2) is 0 Å². The highest BCUT2D eigenvalue weighted by Crippen LogP contribution is 2.38. The fourth-order valence-corrected chi connectivity index (χ4v) is 2.00. The maximum Gasteiger partial charge on any atom is 0.308 e. The van der Waals surface area contributed by atoms with Crippen LogP contribution in [0.5, 0.6) is 0 Å². The third-order valence-electron chi connectivity index (χ3n) is 3.23. The Balaban J connectivity index is 2.07. The first-order valence-corrected chi connectivity index (χ1v) is 6.50. The van der Waals surface area contributed by atoms with Crippen LogP contribution in [0.3, 0.4) is 0 Å². The molecule has 0 aromatic rings. The standard InChI is InChI=1S/C13H24O5/c1-15-7-4-8-17-9-10-18-13(5-3-6-13)11-12(14)16-2/h3-11H2,1-2H3. The predicted molar refractivity (Wildman–Crippen MR) is 66.5 cm³/mol. The molecule has 106 valence electrons. The van der Waals surface area contributed by atoms with Crippen LogP contribution in [0.25, 0.3) is 0 Å². The van der Waals surface area contributed by atoms with Gasteiger partial charge in [-0.1, -0.05) is 0 Å². The van der Waals surface area contributed by atoms with E-state index in [2.05, 4.69) is 4.74 Å². The molecule has 0 aliphatic heterocycles. The summed E-state index contributed by atoms with van der Waals surface area (Å²) < 4.78 is 20.8. The van der Waals surface area contributed by atoms with Gasteiger partial charge >= 0.3 is 5.97 Å². The minimum Gasteiger partial charge on any atom is -0.469 e. The molecule has 0 heterocycles. The van der Waals surface area contributed by atoms with E-state index in [1.54, 1.807) is 7.11 Å². The van der Waals surface area contributed by atoms with Crippen LogP contribution in [0.1, 0.15) is 32.1 Å². The van der Waals surface area contributed by atoms with E-state index >= 15 is 0 Å². The second kappa shape index (κ2) is 8.45. The molecule has 5 heteroatoms. The molecule has 0 amide bonds. The first-order chi connectivity index (χ1) is 8.72. The summed E-state index contributed by atoms with van der Waals surface area (Å²) in [5.41, 5.74) is -0.289. The van der Waals surface area contributed by atoms with Crippen molar-refractivity contribution in [2.24, 2.45) is 0 Å².